The van der Waals surface area contributed by atoms with Gasteiger partial charge in [-0.1, -0.05) is 17.7 Å². The van der Waals surface area contributed by atoms with Crippen molar-refractivity contribution in [1.29, 1.82) is 0 Å². The molecule has 6 heteroatoms. The highest BCUT2D eigenvalue weighted by atomic mass is 35.5. The minimum Gasteiger partial charge on any atom is -0.497 e. The molecule has 0 unspecified atom stereocenters. The van der Waals surface area contributed by atoms with Crippen LogP contribution in [0.2, 0.25) is 5.02 Å². The van der Waals surface area contributed by atoms with Gasteiger partial charge in [-0.25, -0.2) is 0 Å². The molecule has 0 spiro atoms. The molecule has 0 aliphatic carbocycles. The summed E-state index contributed by atoms with van der Waals surface area (Å²) in [5, 5.41) is 3.24. The molecule has 1 amide bonds. The van der Waals surface area contributed by atoms with E-state index in [4.69, 9.17) is 25.8 Å². The largest absolute Gasteiger partial charge is 0.497 e. The fourth-order valence-corrected chi connectivity index (χ4v) is 2.30. The highest BCUT2D eigenvalue weighted by Gasteiger charge is 2.07. The first-order valence-electron chi connectivity index (χ1n) is 7.12. The van der Waals surface area contributed by atoms with Crippen LogP contribution in [0.5, 0.6) is 17.2 Å². The fourth-order valence-electron chi connectivity index (χ4n) is 2.03. The second-order valence-corrected chi connectivity index (χ2v) is 5.19. The third kappa shape index (κ3) is 4.43. The van der Waals surface area contributed by atoms with E-state index in [-0.39, 0.29) is 5.91 Å². The quantitative estimate of drug-likeness (QED) is 0.802. The Labute approximate surface area is 145 Å². The Kier molecular flexibility index (Phi) is 6.09. The molecule has 24 heavy (non-hydrogen) atoms. The molecule has 2 aromatic rings. The van der Waals surface area contributed by atoms with Gasteiger partial charge in [0.25, 0.3) is 0 Å². The first-order chi connectivity index (χ1) is 11.6. The van der Waals surface area contributed by atoms with Gasteiger partial charge in [0.15, 0.2) is 0 Å². The SMILES string of the molecule is COc1ccc(NC(=O)C=Cc2ccc(OC)c(Cl)c2)c(OC)c1. The lowest BCUT2D eigenvalue weighted by molar-refractivity contribution is -0.111. The zero-order valence-corrected chi connectivity index (χ0v) is 14.4. The summed E-state index contributed by atoms with van der Waals surface area (Å²) in [4.78, 5) is 12.1. The van der Waals surface area contributed by atoms with E-state index in [9.17, 15) is 4.79 Å². The van der Waals surface area contributed by atoms with Crippen LogP contribution in [-0.4, -0.2) is 27.2 Å². The summed E-state index contributed by atoms with van der Waals surface area (Å²) in [6, 6.07) is 10.4. The summed E-state index contributed by atoms with van der Waals surface area (Å²) >= 11 is 6.05. The summed E-state index contributed by atoms with van der Waals surface area (Å²) in [5.74, 6) is 1.46. The summed E-state index contributed by atoms with van der Waals surface area (Å²) in [7, 11) is 4.64. The van der Waals surface area contributed by atoms with E-state index in [1.54, 1.807) is 50.6 Å². The van der Waals surface area contributed by atoms with Gasteiger partial charge >= 0.3 is 0 Å². The van der Waals surface area contributed by atoms with Gasteiger partial charge in [-0.3, -0.25) is 4.79 Å². The van der Waals surface area contributed by atoms with Crippen molar-refractivity contribution in [3.05, 3.63) is 53.1 Å². The molecule has 2 rings (SSSR count). The third-order valence-electron chi connectivity index (χ3n) is 3.27. The fraction of sp³-hybridized carbons (Fsp3) is 0.167. The number of halogens is 1. The van der Waals surface area contributed by atoms with Gasteiger partial charge < -0.3 is 19.5 Å². The molecule has 0 bridgehead atoms. The maximum absolute atomic E-state index is 12.1. The van der Waals surface area contributed by atoms with Crippen LogP contribution in [0.1, 0.15) is 5.56 Å². The molecular weight excluding hydrogens is 330 g/mol. The molecule has 1 N–H and O–H groups in total. The normalized spacial score (nSPS) is 10.5. The van der Waals surface area contributed by atoms with Crippen LogP contribution in [0, 0.1) is 0 Å². The van der Waals surface area contributed by atoms with Crippen LogP contribution in [0.4, 0.5) is 5.69 Å². The molecule has 0 atom stereocenters. The van der Waals surface area contributed by atoms with Gasteiger partial charge in [-0.2, -0.15) is 0 Å². The van der Waals surface area contributed by atoms with Crippen molar-refractivity contribution in [3.8, 4) is 17.2 Å². The molecule has 0 aliphatic heterocycles. The Bertz CT molecular complexity index is 759. The zero-order chi connectivity index (χ0) is 17.5. The second kappa shape index (κ2) is 8.26. The Morgan fingerprint density at radius 2 is 1.75 bits per heavy atom. The predicted octanol–water partition coefficient (Wildman–Crippen LogP) is 4.02. The van der Waals surface area contributed by atoms with E-state index in [0.717, 1.165) is 5.56 Å². The van der Waals surface area contributed by atoms with Crippen LogP contribution in [-0.2, 0) is 4.79 Å². The lowest BCUT2D eigenvalue weighted by Gasteiger charge is -2.10. The molecule has 0 heterocycles. The average molecular weight is 348 g/mol. The van der Waals surface area contributed by atoms with Gasteiger partial charge in [0.2, 0.25) is 5.91 Å². The molecule has 0 radical (unpaired) electrons. The van der Waals surface area contributed by atoms with Gasteiger partial charge in [0, 0.05) is 12.1 Å². The molecule has 5 nitrogen and oxygen atoms in total. The first kappa shape index (κ1) is 17.7. The number of amides is 1. The molecule has 2 aromatic carbocycles. The van der Waals surface area contributed by atoms with Crippen molar-refractivity contribution in [2.75, 3.05) is 26.6 Å². The van der Waals surface area contributed by atoms with Crippen LogP contribution >= 0.6 is 11.6 Å². The van der Waals surface area contributed by atoms with E-state index >= 15 is 0 Å². The van der Waals surface area contributed by atoms with Gasteiger partial charge in [0.05, 0.1) is 32.0 Å². The molecule has 126 valence electrons. The number of hydrogen-bond acceptors (Lipinski definition) is 4. The highest BCUT2D eigenvalue weighted by Crippen LogP contribution is 2.29. The zero-order valence-electron chi connectivity index (χ0n) is 13.6. The summed E-state index contributed by atoms with van der Waals surface area (Å²) in [5.41, 5.74) is 1.35. The summed E-state index contributed by atoms with van der Waals surface area (Å²) < 4.78 is 15.5. The van der Waals surface area contributed by atoms with Crippen molar-refractivity contribution in [2.24, 2.45) is 0 Å². The minimum absolute atomic E-state index is 0.287. The van der Waals surface area contributed by atoms with E-state index < -0.39 is 0 Å². The van der Waals surface area contributed by atoms with Crippen molar-refractivity contribution < 1.29 is 19.0 Å². The third-order valence-corrected chi connectivity index (χ3v) is 3.56. The number of hydrogen-bond donors (Lipinski definition) is 1. The molecule has 0 aliphatic rings. The number of nitrogens with one attached hydrogen (secondary N) is 1. The average Bonchev–Trinajstić information content (AvgIpc) is 2.60. The predicted molar refractivity (Wildman–Crippen MR) is 95.2 cm³/mol. The topological polar surface area (TPSA) is 56.8 Å². The van der Waals surface area contributed by atoms with Gasteiger partial charge in [0.1, 0.15) is 17.2 Å². The molecule has 0 saturated carbocycles. The van der Waals surface area contributed by atoms with Crippen molar-refractivity contribution in [2.45, 2.75) is 0 Å². The Morgan fingerprint density at radius 3 is 2.38 bits per heavy atom. The number of rotatable bonds is 6. The van der Waals surface area contributed by atoms with Gasteiger partial charge in [-0.15, -0.1) is 0 Å². The highest BCUT2D eigenvalue weighted by molar-refractivity contribution is 6.32. The molecule has 0 aromatic heterocycles. The summed E-state index contributed by atoms with van der Waals surface area (Å²) in [6.07, 6.45) is 3.08. The number of carbonyl (C=O) groups is 1. The number of benzene rings is 2. The Hall–Kier alpha value is -2.66. The Balaban J connectivity index is 2.09. The van der Waals surface area contributed by atoms with E-state index in [1.165, 1.54) is 13.2 Å². The number of ether oxygens (including phenoxy) is 3. The summed E-state index contributed by atoms with van der Waals surface area (Å²) in [6.45, 7) is 0. The van der Waals surface area contributed by atoms with Crippen molar-refractivity contribution >= 4 is 29.3 Å². The van der Waals surface area contributed by atoms with Crippen molar-refractivity contribution in [1.82, 2.24) is 0 Å². The maximum atomic E-state index is 12.1. The number of methoxy groups -OCH3 is 3. The van der Waals surface area contributed by atoms with Crippen LogP contribution in [0.3, 0.4) is 0 Å². The Morgan fingerprint density at radius 1 is 1.00 bits per heavy atom. The molecule has 0 saturated heterocycles. The minimum atomic E-state index is -0.287. The standard InChI is InChI=1S/C18H18ClNO4/c1-22-13-6-7-15(17(11-13)24-3)20-18(21)9-5-12-4-8-16(23-2)14(19)10-12/h4-11H,1-3H3,(H,20,21). The maximum Gasteiger partial charge on any atom is 0.248 e. The van der Waals surface area contributed by atoms with Gasteiger partial charge in [-0.05, 0) is 35.9 Å². The second-order valence-electron chi connectivity index (χ2n) is 4.78. The van der Waals surface area contributed by atoms with E-state index in [1.807, 2.05) is 6.07 Å². The molecule has 0 fully saturated rings. The smallest absolute Gasteiger partial charge is 0.248 e. The number of carbonyl (C=O) groups excluding carboxylic acids is 1. The van der Waals surface area contributed by atoms with Crippen LogP contribution in [0.25, 0.3) is 6.08 Å². The van der Waals surface area contributed by atoms with Crippen LogP contribution in [0.15, 0.2) is 42.5 Å². The number of anilines is 1. The van der Waals surface area contributed by atoms with E-state index in [0.29, 0.717) is 28.0 Å². The monoisotopic (exact) mass is 347 g/mol. The lowest BCUT2D eigenvalue weighted by Crippen LogP contribution is -2.09. The first-order valence-corrected chi connectivity index (χ1v) is 7.49. The lowest BCUT2D eigenvalue weighted by atomic mass is 10.2. The van der Waals surface area contributed by atoms with Crippen LogP contribution < -0.4 is 19.5 Å². The van der Waals surface area contributed by atoms with E-state index in [2.05, 4.69) is 5.32 Å². The molecular formula is C18H18ClNO4. The van der Waals surface area contributed by atoms with Crippen molar-refractivity contribution in [3.63, 3.8) is 0 Å².